The highest BCUT2D eigenvalue weighted by atomic mass is 19.4. The molecule has 134 valence electrons. The van der Waals surface area contributed by atoms with Gasteiger partial charge in [0.25, 0.3) is 0 Å². The second kappa shape index (κ2) is 7.99. The van der Waals surface area contributed by atoms with Gasteiger partial charge in [-0.15, -0.1) is 13.2 Å². The van der Waals surface area contributed by atoms with Crippen molar-refractivity contribution in [3.63, 3.8) is 0 Å². The summed E-state index contributed by atoms with van der Waals surface area (Å²) in [6.07, 6.45) is 4.62. The lowest BCUT2D eigenvalue weighted by Gasteiger charge is -2.28. The number of alkyl halides is 3. The molecule has 0 aliphatic heterocycles. The van der Waals surface area contributed by atoms with E-state index in [4.69, 9.17) is 0 Å². The van der Waals surface area contributed by atoms with Gasteiger partial charge in [-0.1, -0.05) is 19.1 Å². The Morgan fingerprint density at radius 2 is 1.62 bits per heavy atom. The van der Waals surface area contributed by atoms with Crippen molar-refractivity contribution in [3.8, 4) is 5.75 Å². The Bertz CT molecular complexity index is 548. The van der Waals surface area contributed by atoms with E-state index in [0.29, 0.717) is 11.5 Å². The summed E-state index contributed by atoms with van der Waals surface area (Å²) in [7, 11) is 0. The van der Waals surface area contributed by atoms with Crippen LogP contribution in [0.5, 0.6) is 5.75 Å². The summed E-state index contributed by atoms with van der Waals surface area (Å²) >= 11 is 0. The first kappa shape index (κ1) is 18.7. The van der Waals surface area contributed by atoms with E-state index in [-0.39, 0.29) is 5.92 Å². The lowest BCUT2D eigenvalue weighted by Crippen LogP contribution is -2.19. The van der Waals surface area contributed by atoms with Crippen LogP contribution in [-0.2, 0) is 0 Å². The van der Waals surface area contributed by atoms with Gasteiger partial charge in [0.2, 0.25) is 5.75 Å². The lowest BCUT2D eigenvalue weighted by molar-refractivity contribution is -0.276. The molecular formula is C18H21F5O. The number of ether oxygens (including phenoxy) is 1. The molecule has 0 amide bonds. The smallest absolute Gasteiger partial charge is 0.399 e. The van der Waals surface area contributed by atoms with Crippen molar-refractivity contribution < 1.29 is 26.7 Å². The van der Waals surface area contributed by atoms with Crippen molar-refractivity contribution in [2.75, 3.05) is 0 Å². The molecule has 0 spiro atoms. The van der Waals surface area contributed by atoms with Gasteiger partial charge in [0, 0.05) is 0 Å². The quantitative estimate of drug-likeness (QED) is 0.436. The average Bonchev–Trinajstić information content (AvgIpc) is 2.51. The second-order valence-electron chi connectivity index (χ2n) is 6.19. The fourth-order valence-electron chi connectivity index (χ4n) is 3.22. The number of halogens is 5. The van der Waals surface area contributed by atoms with Crippen molar-refractivity contribution >= 4 is 0 Å². The van der Waals surface area contributed by atoms with Gasteiger partial charge >= 0.3 is 6.36 Å². The summed E-state index contributed by atoms with van der Waals surface area (Å²) in [4.78, 5) is 0. The maximum Gasteiger partial charge on any atom is 0.573 e. The lowest BCUT2D eigenvalue weighted by atomic mass is 9.77. The Morgan fingerprint density at radius 1 is 1.04 bits per heavy atom. The van der Waals surface area contributed by atoms with E-state index in [9.17, 15) is 22.0 Å². The molecule has 0 unspecified atom stereocenters. The van der Waals surface area contributed by atoms with Crippen LogP contribution in [0.25, 0.3) is 0 Å². The molecule has 1 saturated carbocycles. The minimum atomic E-state index is -5.12. The Hall–Kier alpha value is -1.59. The van der Waals surface area contributed by atoms with Crippen molar-refractivity contribution in [1.29, 1.82) is 0 Å². The van der Waals surface area contributed by atoms with Gasteiger partial charge in [-0.05, 0) is 68.1 Å². The van der Waals surface area contributed by atoms with Crippen molar-refractivity contribution in [1.82, 2.24) is 0 Å². The van der Waals surface area contributed by atoms with Gasteiger partial charge in [0.05, 0.1) is 0 Å². The molecule has 0 bridgehead atoms. The van der Waals surface area contributed by atoms with Gasteiger partial charge in [0.15, 0.2) is 11.6 Å². The van der Waals surface area contributed by atoms with Crippen molar-refractivity contribution in [2.24, 2.45) is 5.92 Å². The minimum Gasteiger partial charge on any atom is -0.399 e. The van der Waals surface area contributed by atoms with E-state index in [1.165, 1.54) is 0 Å². The van der Waals surface area contributed by atoms with Crippen LogP contribution < -0.4 is 4.74 Å². The third-order valence-corrected chi connectivity index (χ3v) is 4.43. The molecule has 0 atom stereocenters. The van der Waals surface area contributed by atoms with E-state index in [1.54, 1.807) is 0 Å². The molecule has 0 radical (unpaired) electrons. The first-order valence-electron chi connectivity index (χ1n) is 8.19. The molecule has 1 fully saturated rings. The third kappa shape index (κ3) is 5.21. The molecule has 1 aliphatic rings. The second-order valence-corrected chi connectivity index (χ2v) is 6.19. The highest BCUT2D eigenvalue weighted by Crippen LogP contribution is 2.39. The van der Waals surface area contributed by atoms with Gasteiger partial charge in [-0.3, -0.25) is 0 Å². The van der Waals surface area contributed by atoms with E-state index in [1.807, 2.05) is 0 Å². The van der Waals surface area contributed by atoms with Gasteiger partial charge in [-0.25, -0.2) is 8.78 Å². The largest absolute Gasteiger partial charge is 0.573 e. The summed E-state index contributed by atoms with van der Waals surface area (Å²) in [5.41, 5.74) is 0.405. The molecule has 2 rings (SSSR count). The first-order valence-corrected chi connectivity index (χ1v) is 8.19. The standard InChI is InChI=1S/C18H21F5O/c1-2-3-4-5-12-6-8-13(9-7-12)14-10-15(19)17(16(20)11-14)24-18(21,22)23/h3-4,10-13H,2,5-9H2,1H3/b4-3+/t12-,13-. The van der Waals surface area contributed by atoms with Crippen LogP contribution in [0.15, 0.2) is 24.3 Å². The van der Waals surface area contributed by atoms with Crippen LogP contribution in [0.2, 0.25) is 0 Å². The van der Waals surface area contributed by atoms with Gasteiger partial charge in [-0.2, -0.15) is 0 Å². The number of benzene rings is 1. The number of rotatable bonds is 5. The molecule has 6 heteroatoms. The maximum atomic E-state index is 13.8. The highest BCUT2D eigenvalue weighted by Gasteiger charge is 2.34. The van der Waals surface area contributed by atoms with Crippen LogP contribution in [0.1, 0.15) is 56.9 Å². The molecule has 1 aromatic carbocycles. The summed E-state index contributed by atoms with van der Waals surface area (Å²) < 4.78 is 67.5. The van der Waals surface area contributed by atoms with E-state index in [2.05, 4.69) is 23.8 Å². The minimum absolute atomic E-state index is 0.0275. The molecule has 0 aromatic heterocycles. The summed E-state index contributed by atoms with van der Waals surface area (Å²) in [5.74, 6) is -3.47. The SMILES string of the molecule is CC/C=C/C[C@H]1CC[C@H](c2cc(F)c(OC(F)(F)F)c(F)c2)CC1. The molecule has 1 aliphatic carbocycles. The fourth-order valence-corrected chi connectivity index (χ4v) is 3.22. The van der Waals surface area contributed by atoms with Crippen molar-refractivity contribution in [2.45, 2.75) is 57.7 Å². The molecule has 0 saturated heterocycles. The van der Waals surface area contributed by atoms with E-state index in [0.717, 1.165) is 50.7 Å². The van der Waals surface area contributed by atoms with E-state index >= 15 is 0 Å². The number of hydrogen-bond acceptors (Lipinski definition) is 1. The van der Waals surface area contributed by atoms with Crippen LogP contribution >= 0.6 is 0 Å². The van der Waals surface area contributed by atoms with E-state index < -0.39 is 23.7 Å². The summed E-state index contributed by atoms with van der Waals surface area (Å²) in [6, 6.07) is 1.93. The van der Waals surface area contributed by atoms with Crippen molar-refractivity contribution in [3.05, 3.63) is 41.5 Å². The molecule has 24 heavy (non-hydrogen) atoms. The average molecular weight is 348 g/mol. The summed E-state index contributed by atoms with van der Waals surface area (Å²) in [6.45, 7) is 2.07. The first-order chi connectivity index (χ1) is 11.3. The van der Waals surface area contributed by atoms with Crippen LogP contribution in [0.4, 0.5) is 22.0 Å². The Labute approximate surface area is 138 Å². The van der Waals surface area contributed by atoms with Gasteiger partial charge in [0.1, 0.15) is 0 Å². The predicted molar refractivity (Wildman–Crippen MR) is 81.8 cm³/mol. The number of allylic oxidation sites excluding steroid dienone is 2. The van der Waals surface area contributed by atoms with Gasteiger partial charge < -0.3 is 4.74 Å². The maximum absolute atomic E-state index is 13.8. The monoisotopic (exact) mass is 348 g/mol. The fraction of sp³-hybridized carbons (Fsp3) is 0.556. The highest BCUT2D eigenvalue weighted by molar-refractivity contribution is 5.33. The van der Waals surface area contributed by atoms with Crippen LogP contribution in [0, 0.1) is 17.6 Å². The zero-order chi connectivity index (χ0) is 17.7. The predicted octanol–water partition coefficient (Wildman–Crippen LogP) is 6.49. The zero-order valence-corrected chi connectivity index (χ0v) is 13.5. The molecular weight excluding hydrogens is 327 g/mol. The Morgan fingerprint density at radius 3 is 2.12 bits per heavy atom. The summed E-state index contributed by atoms with van der Waals surface area (Å²) in [5, 5.41) is 0. The molecule has 0 heterocycles. The Kier molecular flexibility index (Phi) is 6.24. The van der Waals surface area contributed by atoms with Crippen LogP contribution in [-0.4, -0.2) is 6.36 Å². The Balaban J connectivity index is 2.02. The normalized spacial score (nSPS) is 22.1. The topological polar surface area (TPSA) is 9.23 Å². The van der Waals surface area contributed by atoms with Crippen LogP contribution in [0.3, 0.4) is 0 Å². The molecule has 0 N–H and O–H groups in total. The zero-order valence-electron chi connectivity index (χ0n) is 13.5. The third-order valence-electron chi connectivity index (χ3n) is 4.43. The molecule has 1 aromatic rings. The number of hydrogen-bond donors (Lipinski definition) is 0. The molecule has 1 nitrogen and oxygen atoms in total.